The number of aryl methyl sites for hydroxylation is 2. The lowest BCUT2D eigenvalue weighted by Gasteiger charge is -2.38. The van der Waals surface area contributed by atoms with Crippen molar-refractivity contribution in [1.82, 2.24) is 4.90 Å². The zero-order valence-electron chi connectivity index (χ0n) is 18.5. The van der Waals surface area contributed by atoms with Gasteiger partial charge in [-0.3, -0.25) is 14.5 Å². The highest BCUT2D eigenvalue weighted by atomic mass is 16.1. The number of hydrogen-bond donors (Lipinski definition) is 0. The van der Waals surface area contributed by atoms with E-state index in [4.69, 9.17) is 0 Å². The van der Waals surface area contributed by atoms with Crippen LogP contribution in [0, 0.1) is 0 Å². The Bertz CT molecular complexity index is 1120. The Labute approximate surface area is 184 Å². The Balaban J connectivity index is 1.72. The van der Waals surface area contributed by atoms with Crippen LogP contribution in [-0.4, -0.2) is 36.1 Å². The van der Waals surface area contributed by atoms with Crippen molar-refractivity contribution in [2.45, 2.75) is 38.1 Å². The van der Waals surface area contributed by atoms with Crippen LogP contribution in [0.3, 0.4) is 0 Å². The number of nitrogens with zero attached hydrogens (tertiary/aromatic N) is 1. The standard InChI is InChI=1S/C28H29NO2/c1-4-28(29(2)3,19-20-10-6-5-7-11-20)27(31)23-16-17-25-22(18-23)15-14-21-12-8-9-13-24(21)26(25)30/h5-13,16-18H,4,14-15,19H2,1-3H3. The maximum Gasteiger partial charge on any atom is 0.193 e. The van der Waals surface area contributed by atoms with Gasteiger partial charge in [0, 0.05) is 16.7 Å². The van der Waals surface area contributed by atoms with Gasteiger partial charge in [-0.15, -0.1) is 0 Å². The zero-order valence-corrected chi connectivity index (χ0v) is 18.5. The molecule has 0 aromatic heterocycles. The Kier molecular flexibility index (Phi) is 5.88. The summed E-state index contributed by atoms with van der Waals surface area (Å²) in [5, 5.41) is 0. The highest BCUT2D eigenvalue weighted by Crippen LogP contribution is 2.30. The van der Waals surface area contributed by atoms with Gasteiger partial charge in [-0.2, -0.15) is 0 Å². The monoisotopic (exact) mass is 411 g/mol. The second kappa shape index (κ2) is 8.60. The van der Waals surface area contributed by atoms with E-state index in [2.05, 4.69) is 24.0 Å². The van der Waals surface area contributed by atoms with Crippen LogP contribution in [0.15, 0.2) is 72.8 Å². The van der Waals surface area contributed by atoms with Crippen LogP contribution in [-0.2, 0) is 19.3 Å². The molecule has 0 spiro atoms. The molecule has 0 saturated carbocycles. The molecular formula is C28H29NO2. The van der Waals surface area contributed by atoms with Crippen LogP contribution < -0.4 is 0 Å². The van der Waals surface area contributed by atoms with Gasteiger partial charge >= 0.3 is 0 Å². The first-order valence-electron chi connectivity index (χ1n) is 11.0. The summed E-state index contributed by atoms with van der Waals surface area (Å²) < 4.78 is 0. The zero-order chi connectivity index (χ0) is 22.0. The fourth-order valence-electron chi connectivity index (χ4n) is 4.78. The number of carbonyl (C=O) groups excluding carboxylic acids is 2. The van der Waals surface area contributed by atoms with Crippen LogP contribution in [0.2, 0.25) is 0 Å². The summed E-state index contributed by atoms with van der Waals surface area (Å²) in [6.45, 7) is 2.07. The quantitative estimate of drug-likeness (QED) is 0.526. The van der Waals surface area contributed by atoms with Gasteiger partial charge in [0.1, 0.15) is 0 Å². The molecule has 1 aliphatic rings. The van der Waals surface area contributed by atoms with Gasteiger partial charge < -0.3 is 0 Å². The molecule has 0 radical (unpaired) electrons. The van der Waals surface area contributed by atoms with Gasteiger partial charge in [-0.25, -0.2) is 0 Å². The van der Waals surface area contributed by atoms with Gasteiger partial charge in [0.2, 0.25) is 0 Å². The molecule has 31 heavy (non-hydrogen) atoms. The number of likely N-dealkylation sites (N-methyl/N-ethyl adjacent to an activating group) is 1. The molecule has 1 atom stereocenters. The summed E-state index contributed by atoms with van der Waals surface area (Å²) in [5.74, 6) is 0.168. The third kappa shape index (κ3) is 3.86. The number of rotatable bonds is 6. The van der Waals surface area contributed by atoms with Crippen molar-refractivity contribution in [1.29, 1.82) is 0 Å². The molecule has 0 fully saturated rings. The number of carbonyl (C=O) groups is 2. The van der Waals surface area contributed by atoms with Gasteiger partial charge in [0.25, 0.3) is 0 Å². The Morgan fingerprint density at radius 1 is 0.871 bits per heavy atom. The maximum atomic E-state index is 13.9. The SMILES string of the molecule is CCC(Cc1ccccc1)(C(=O)c1ccc2c(c1)CCc1ccccc1C2=O)N(C)C. The highest BCUT2D eigenvalue weighted by molar-refractivity contribution is 6.12. The lowest BCUT2D eigenvalue weighted by Crippen LogP contribution is -2.52. The molecular weight excluding hydrogens is 382 g/mol. The third-order valence-electron chi connectivity index (χ3n) is 6.74. The fraction of sp³-hybridized carbons (Fsp3) is 0.286. The van der Waals surface area contributed by atoms with E-state index in [1.165, 1.54) is 0 Å². The van der Waals surface area contributed by atoms with Crippen molar-refractivity contribution in [3.05, 3.63) is 106 Å². The Morgan fingerprint density at radius 3 is 2.23 bits per heavy atom. The molecule has 0 heterocycles. The second-order valence-corrected chi connectivity index (χ2v) is 8.63. The number of hydrogen-bond acceptors (Lipinski definition) is 3. The third-order valence-corrected chi connectivity index (χ3v) is 6.74. The molecule has 1 aliphatic carbocycles. The summed E-state index contributed by atoms with van der Waals surface area (Å²) in [4.78, 5) is 29.1. The van der Waals surface area contributed by atoms with E-state index >= 15 is 0 Å². The first kappa shape index (κ1) is 21.2. The lowest BCUT2D eigenvalue weighted by atomic mass is 9.79. The molecule has 0 aliphatic heterocycles. The van der Waals surface area contributed by atoms with Crippen LogP contribution in [0.4, 0.5) is 0 Å². The van der Waals surface area contributed by atoms with Crippen molar-refractivity contribution in [2.24, 2.45) is 0 Å². The van der Waals surface area contributed by atoms with Crippen LogP contribution in [0.25, 0.3) is 0 Å². The molecule has 0 bridgehead atoms. The van der Waals surface area contributed by atoms with E-state index in [-0.39, 0.29) is 11.6 Å². The van der Waals surface area contributed by atoms with E-state index in [1.807, 2.05) is 74.8 Å². The van der Waals surface area contributed by atoms with Gasteiger partial charge in [0.05, 0.1) is 5.54 Å². The number of fused-ring (bicyclic) bond motifs is 2. The first-order valence-corrected chi connectivity index (χ1v) is 11.0. The van der Waals surface area contributed by atoms with E-state index < -0.39 is 5.54 Å². The average Bonchev–Trinajstić information content (AvgIpc) is 2.94. The second-order valence-electron chi connectivity index (χ2n) is 8.63. The molecule has 0 amide bonds. The normalized spacial score (nSPS) is 15.0. The van der Waals surface area contributed by atoms with E-state index in [1.54, 1.807) is 0 Å². The predicted molar refractivity (Wildman–Crippen MR) is 125 cm³/mol. The summed E-state index contributed by atoms with van der Waals surface area (Å²) in [7, 11) is 3.96. The minimum absolute atomic E-state index is 0.0562. The Hall–Kier alpha value is -3.04. The van der Waals surface area contributed by atoms with E-state index in [0.29, 0.717) is 18.4 Å². The van der Waals surface area contributed by atoms with E-state index in [9.17, 15) is 9.59 Å². The fourth-order valence-corrected chi connectivity index (χ4v) is 4.78. The van der Waals surface area contributed by atoms with Crippen molar-refractivity contribution < 1.29 is 9.59 Å². The van der Waals surface area contributed by atoms with Crippen molar-refractivity contribution in [3.8, 4) is 0 Å². The van der Waals surface area contributed by atoms with Crippen molar-refractivity contribution in [2.75, 3.05) is 14.1 Å². The summed E-state index contributed by atoms with van der Waals surface area (Å²) in [6, 6.07) is 23.7. The molecule has 0 saturated heterocycles. The van der Waals surface area contributed by atoms with Gasteiger partial charge in [-0.1, -0.05) is 73.7 Å². The molecule has 1 unspecified atom stereocenters. The molecule has 158 valence electrons. The molecule has 3 aromatic carbocycles. The minimum atomic E-state index is -0.632. The van der Waals surface area contributed by atoms with Gasteiger partial charge in [-0.05, 0) is 62.5 Å². The van der Waals surface area contributed by atoms with Crippen molar-refractivity contribution in [3.63, 3.8) is 0 Å². The maximum absolute atomic E-state index is 13.9. The first-order chi connectivity index (χ1) is 15.0. The summed E-state index contributed by atoms with van der Waals surface area (Å²) in [6.07, 6.45) is 2.93. The average molecular weight is 412 g/mol. The largest absolute Gasteiger partial charge is 0.297 e. The summed E-state index contributed by atoms with van der Waals surface area (Å²) in [5.41, 5.74) is 4.74. The predicted octanol–water partition coefficient (Wildman–Crippen LogP) is 5.15. The molecule has 3 heteroatoms. The molecule has 3 aromatic rings. The highest BCUT2D eigenvalue weighted by Gasteiger charge is 2.39. The molecule has 3 nitrogen and oxygen atoms in total. The van der Waals surface area contributed by atoms with Crippen LogP contribution in [0.1, 0.15) is 56.3 Å². The number of ketones is 2. The minimum Gasteiger partial charge on any atom is -0.297 e. The van der Waals surface area contributed by atoms with Crippen molar-refractivity contribution >= 4 is 11.6 Å². The smallest absolute Gasteiger partial charge is 0.193 e. The number of benzene rings is 3. The lowest BCUT2D eigenvalue weighted by molar-refractivity contribution is 0.0666. The Morgan fingerprint density at radius 2 is 1.52 bits per heavy atom. The molecule has 4 rings (SSSR count). The topological polar surface area (TPSA) is 37.4 Å². The number of Topliss-reactive ketones (excluding diaryl/α,β-unsaturated/α-hetero) is 1. The van der Waals surface area contributed by atoms with Crippen LogP contribution >= 0.6 is 0 Å². The van der Waals surface area contributed by atoms with Crippen LogP contribution in [0.5, 0.6) is 0 Å². The molecule has 0 N–H and O–H groups in total. The summed E-state index contributed by atoms with van der Waals surface area (Å²) >= 11 is 0. The van der Waals surface area contributed by atoms with E-state index in [0.717, 1.165) is 40.7 Å². The van der Waals surface area contributed by atoms with Gasteiger partial charge in [0.15, 0.2) is 11.6 Å².